The van der Waals surface area contributed by atoms with Gasteiger partial charge in [0.1, 0.15) is 0 Å². The smallest absolute Gasteiger partial charge is 0.250 e. The van der Waals surface area contributed by atoms with Crippen molar-refractivity contribution in [2.45, 2.75) is 38.6 Å². The number of hydrogen-bond acceptors (Lipinski definition) is 5. The fourth-order valence-electron chi connectivity index (χ4n) is 3.74. The SMILES string of the molecule is CCN(CC)S(=O)(=O)c1ccc(N2C[C@@H](C(=O)Nc3ccc(=O)n(CC)c3)CC2=O)cc1. The molecule has 0 radical (unpaired) electrons. The lowest BCUT2D eigenvalue weighted by Crippen LogP contribution is -2.31. The largest absolute Gasteiger partial charge is 0.324 e. The number of aromatic nitrogens is 1. The predicted octanol–water partition coefficient (Wildman–Crippen LogP) is 1.89. The molecule has 2 heterocycles. The second kappa shape index (κ2) is 9.66. The number of nitrogens with one attached hydrogen (secondary N) is 1. The third-order valence-corrected chi connectivity index (χ3v) is 7.64. The molecule has 1 fully saturated rings. The molecule has 32 heavy (non-hydrogen) atoms. The van der Waals surface area contributed by atoms with Crippen molar-refractivity contribution in [2.75, 3.05) is 29.9 Å². The summed E-state index contributed by atoms with van der Waals surface area (Å²) in [5.41, 5.74) is 0.885. The van der Waals surface area contributed by atoms with Gasteiger partial charge in [0.25, 0.3) is 5.56 Å². The van der Waals surface area contributed by atoms with Crippen molar-refractivity contribution in [1.29, 1.82) is 0 Å². The molecule has 1 N–H and O–H groups in total. The molecule has 10 heteroatoms. The van der Waals surface area contributed by atoms with Gasteiger partial charge in [0.2, 0.25) is 21.8 Å². The molecule has 0 aliphatic carbocycles. The highest BCUT2D eigenvalue weighted by atomic mass is 32.2. The van der Waals surface area contributed by atoms with E-state index in [2.05, 4.69) is 5.32 Å². The number of sulfonamides is 1. The van der Waals surface area contributed by atoms with E-state index < -0.39 is 15.9 Å². The van der Waals surface area contributed by atoms with Crippen LogP contribution in [0.1, 0.15) is 27.2 Å². The van der Waals surface area contributed by atoms with E-state index in [4.69, 9.17) is 0 Å². The highest BCUT2D eigenvalue weighted by Gasteiger charge is 2.35. The second-order valence-electron chi connectivity index (χ2n) is 7.52. The molecular formula is C22H28N4O5S. The minimum atomic E-state index is -3.58. The van der Waals surface area contributed by atoms with Crippen LogP contribution in [0.2, 0.25) is 0 Å². The highest BCUT2D eigenvalue weighted by molar-refractivity contribution is 7.89. The van der Waals surface area contributed by atoms with E-state index in [9.17, 15) is 22.8 Å². The van der Waals surface area contributed by atoms with Crippen molar-refractivity contribution in [3.05, 3.63) is 52.9 Å². The van der Waals surface area contributed by atoms with E-state index in [0.29, 0.717) is 31.0 Å². The third kappa shape index (κ3) is 4.76. The maximum absolute atomic E-state index is 12.7. The highest BCUT2D eigenvalue weighted by Crippen LogP contribution is 2.27. The van der Waals surface area contributed by atoms with Crippen molar-refractivity contribution in [1.82, 2.24) is 8.87 Å². The number of carbonyl (C=O) groups excluding carboxylic acids is 2. The summed E-state index contributed by atoms with van der Waals surface area (Å²) in [6, 6.07) is 9.07. The monoisotopic (exact) mass is 460 g/mol. The van der Waals surface area contributed by atoms with Gasteiger partial charge in [0.15, 0.2) is 0 Å². The van der Waals surface area contributed by atoms with Crippen LogP contribution in [0.25, 0.3) is 0 Å². The van der Waals surface area contributed by atoms with Crippen molar-refractivity contribution < 1.29 is 18.0 Å². The van der Waals surface area contributed by atoms with Crippen LogP contribution in [0.5, 0.6) is 0 Å². The lowest BCUT2D eigenvalue weighted by atomic mass is 10.1. The van der Waals surface area contributed by atoms with Crippen LogP contribution in [0.15, 0.2) is 52.3 Å². The number of nitrogens with zero attached hydrogens (tertiary/aromatic N) is 3. The van der Waals surface area contributed by atoms with E-state index >= 15 is 0 Å². The molecule has 1 atom stereocenters. The zero-order chi connectivity index (χ0) is 23.5. The number of amides is 2. The molecule has 2 aromatic rings. The van der Waals surface area contributed by atoms with Crippen LogP contribution in [-0.4, -0.2) is 48.7 Å². The summed E-state index contributed by atoms with van der Waals surface area (Å²) in [7, 11) is -3.58. The van der Waals surface area contributed by atoms with Crippen LogP contribution < -0.4 is 15.8 Å². The Morgan fingerprint density at radius 2 is 1.72 bits per heavy atom. The molecule has 1 aliphatic rings. The normalized spacial score (nSPS) is 16.6. The number of pyridine rings is 1. The summed E-state index contributed by atoms with van der Waals surface area (Å²) < 4.78 is 28.1. The lowest BCUT2D eigenvalue weighted by molar-refractivity contribution is -0.122. The molecule has 0 bridgehead atoms. The van der Waals surface area contributed by atoms with Gasteiger partial charge >= 0.3 is 0 Å². The van der Waals surface area contributed by atoms with Crippen LogP contribution in [-0.2, 0) is 26.2 Å². The molecule has 1 aromatic carbocycles. The Morgan fingerprint density at radius 1 is 1.06 bits per heavy atom. The molecule has 0 saturated carbocycles. The molecule has 0 unspecified atom stereocenters. The summed E-state index contributed by atoms with van der Waals surface area (Å²) in [6.07, 6.45) is 1.63. The van der Waals surface area contributed by atoms with Crippen molar-refractivity contribution >= 4 is 33.2 Å². The minimum Gasteiger partial charge on any atom is -0.324 e. The van der Waals surface area contributed by atoms with Crippen LogP contribution in [0, 0.1) is 5.92 Å². The van der Waals surface area contributed by atoms with Gasteiger partial charge in [-0.05, 0) is 37.3 Å². The second-order valence-corrected chi connectivity index (χ2v) is 9.46. The summed E-state index contributed by atoms with van der Waals surface area (Å²) in [6.45, 7) is 6.81. The molecule has 1 aliphatic heterocycles. The van der Waals surface area contributed by atoms with Gasteiger partial charge in [-0.15, -0.1) is 0 Å². The number of carbonyl (C=O) groups is 2. The Morgan fingerprint density at radius 3 is 2.31 bits per heavy atom. The Hall–Kier alpha value is -2.98. The van der Waals surface area contributed by atoms with E-state index in [1.807, 2.05) is 6.92 Å². The average molecular weight is 461 g/mol. The van der Waals surface area contributed by atoms with Crippen LogP contribution >= 0.6 is 0 Å². The van der Waals surface area contributed by atoms with E-state index in [0.717, 1.165) is 0 Å². The number of benzene rings is 1. The first-order valence-electron chi connectivity index (χ1n) is 10.6. The van der Waals surface area contributed by atoms with Gasteiger partial charge in [-0.25, -0.2) is 8.42 Å². The summed E-state index contributed by atoms with van der Waals surface area (Å²) in [5, 5.41) is 2.77. The van der Waals surface area contributed by atoms with Gasteiger partial charge < -0.3 is 14.8 Å². The molecule has 172 valence electrons. The first kappa shape index (κ1) is 23.7. The molecule has 1 aromatic heterocycles. The number of anilines is 2. The van der Waals surface area contributed by atoms with E-state index in [1.54, 1.807) is 32.2 Å². The Balaban J connectivity index is 1.71. The summed E-state index contributed by atoms with van der Waals surface area (Å²) in [4.78, 5) is 38.6. The maximum Gasteiger partial charge on any atom is 0.250 e. The lowest BCUT2D eigenvalue weighted by Gasteiger charge is -2.20. The molecule has 2 amide bonds. The van der Waals surface area contributed by atoms with Crippen LogP contribution in [0.4, 0.5) is 11.4 Å². The van der Waals surface area contributed by atoms with Gasteiger partial charge in [-0.1, -0.05) is 13.8 Å². The Bertz CT molecular complexity index is 1150. The third-order valence-electron chi connectivity index (χ3n) is 5.58. The summed E-state index contributed by atoms with van der Waals surface area (Å²) >= 11 is 0. The van der Waals surface area contributed by atoms with E-state index in [1.165, 1.54) is 38.0 Å². The number of hydrogen-bond donors (Lipinski definition) is 1. The summed E-state index contributed by atoms with van der Waals surface area (Å²) in [5.74, 6) is -1.06. The van der Waals surface area contributed by atoms with Crippen molar-refractivity contribution in [2.24, 2.45) is 5.92 Å². The van der Waals surface area contributed by atoms with Crippen molar-refractivity contribution in [3.63, 3.8) is 0 Å². The Kier molecular flexibility index (Phi) is 7.15. The van der Waals surface area contributed by atoms with Gasteiger partial charge in [-0.3, -0.25) is 14.4 Å². The maximum atomic E-state index is 12.7. The van der Waals surface area contributed by atoms with Crippen molar-refractivity contribution in [3.8, 4) is 0 Å². The zero-order valence-corrected chi connectivity index (χ0v) is 19.3. The Labute approximate surface area is 187 Å². The number of rotatable bonds is 8. The fraction of sp³-hybridized carbons (Fsp3) is 0.409. The standard InChI is InChI=1S/C22H28N4O5S/c1-4-24-15-17(7-12-20(24)27)23-22(29)16-13-21(28)26(14-16)18-8-10-19(11-9-18)32(30,31)25(5-2)6-3/h7-12,15-16H,4-6,13-14H2,1-3H3,(H,23,29)/t16-/m0/s1. The zero-order valence-electron chi connectivity index (χ0n) is 18.4. The first-order chi connectivity index (χ1) is 15.2. The average Bonchev–Trinajstić information content (AvgIpc) is 3.17. The van der Waals surface area contributed by atoms with Gasteiger partial charge in [0.05, 0.1) is 16.5 Å². The minimum absolute atomic E-state index is 0.0543. The molecule has 1 saturated heterocycles. The van der Waals surface area contributed by atoms with Crippen LogP contribution in [0.3, 0.4) is 0 Å². The molecule has 0 spiro atoms. The predicted molar refractivity (Wildman–Crippen MR) is 122 cm³/mol. The molecular weight excluding hydrogens is 432 g/mol. The van der Waals surface area contributed by atoms with Gasteiger partial charge in [0, 0.05) is 50.6 Å². The van der Waals surface area contributed by atoms with E-state index in [-0.39, 0.29) is 35.2 Å². The first-order valence-corrected chi connectivity index (χ1v) is 12.1. The van der Waals surface area contributed by atoms with Gasteiger partial charge in [-0.2, -0.15) is 4.31 Å². The topological polar surface area (TPSA) is 109 Å². The fourth-order valence-corrected chi connectivity index (χ4v) is 5.20. The quantitative estimate of drug-likeness (QED) is 0.647. The number of aryl methyl sites for hydroxylation is 1. The molecule has 3 rings (SSSR count). The molecule has 9 nitrogen and oxygen atoms in total.